The molecule has 0 bridgehead atoms. The van der Waals surface area contributed by atoms with Gasteiger partial charge in [0.25, 0.3) is 5.91 Å². The summed E-state index contributed by atoms with van der Waals surface area (Å²) in [7, 11) is 0. The summed E-state index contributed by atoms with van der Waals surface area (Å²) in [6.07, 6.45) is 1.44. The fourth-order valence-electron chi connectivity index (χ4n) is 3.39. The molecule has 1 saturated heterocycles. The number of halogens is 1. The van der Waals surface area contributed by atoms with E-state index in [0.717, 1.165) is 30.0 Å². The Morgan fingerprint density at radius 2 is 2.06 bits per heavy atom. The lowest BCUT2D eigenvalue weighted by Crippen LogP contribution is -2.48. The number of H-pyrrole nitrogens is 1. The van der Waals surface area contributed by atoms with Crippen LogP contribution in [0.2, 0.25) is 5.02 Å². The summed E-state index contributed by atoms with van der Waals surface area (Å²) >= 11 is 7.30. The van der Waals surface area contributed by atoms with Crippen LogP contribution in [0.4, 0.5) is 22.7 Å². The Morgan fingerprint density at radius 3 is 2.79 bits per heavy atom. The average molecular weight is 491 g/mol. The van der Waals surface area contributed by atoms with E-state index < -0.39 is 5.69 Å². The van der Waals surface area contributed by atoms with Crippen LogP contribution in [0.15, 0.2) is 29.2 Å². The Bertz CT molecular complexity index is 1170. The van der Waals surface area contributed by atoms with Crippen LogP contribution in [0.3, 0.4) is 0 Å². The summed E-state index contributed by atoms with van der Waals surface area (Å²) in [4.78, 5) is 44.3. The van der Waals surface area contributed by atoms with Crippen molar-refractivity contribution in [1.82, 2.24) is 24.8 Å². The number of para-hydroxylation sites is 1. The first kappa shape index (κ1) is 23.1. The summed E-state index contributed by atoms with van der Waals surface area (Å²) in [6.45, 7) is 5.37. The zero-order valence-corrected chi connectivity index (χ0v) is 19.4. The number of aromatic amines is 1. The minimum Gasteiger partial charge on any atom is -0.395 e. The maximum absolute atomic E-state index is 12.6. The molecule has 0 unspecified atom stereocenters. The molecule has 0 spiro atoms. The van der Waals surface area contributed by atoms with Crippen molar-refractivity contribution < 1.29 is 9.90 Å². The van der Waals surface area contributed by atoms with Crippen molar-refractivity contribution in [3.8, 4) is 0 Å². The lowest BCUT2D eigenvalue weighted by molar-refractivity contribution is 0.103. The number of hydrogen-bond donors (Lipinski definition) is 4. The third-order valence-electron chi connectivity index (χ3n) is 5.13. The van der Waals surface area contributed by atoms with E-state index in [4.69, 9.17) is 16.7 Å². The molecular formula is C20H23ClN8O3S. The van der Waals surface area contributed by atoms with Crippen LogP contribution in [0.5, 0.6) is 0 Å². The summed E-state index contributed by atoms with van der Waals surface area (Å²) in [5, 5.41) is 15.7. The van der Waals surface area contributed by atoms with E-state index in [1.807, 2.05) is 24.0 Å². The predicted octanol–water partition coefficient (Wildman–Crippen LogP) is 1.69. The van der Waals surface area contributed by atoms with Gasteiger partial charge in [0, 0.05) is 32.7 Å². The lowest BCUT2D eigenvalue weighted by Gasteiger charge is -2.34. The van der Waals surface area contributed by atoms with Crippen molar-refractivity contribution in [2.24, 2.45) is 0 Å². The van der Waals surface area contributed by atoms with Gasteiger partial charge in [-0.1, -0.05) is 35.1 Å². The number of carbonyl (C=O) groups is 1. The van der Waals surface area contributed by atoms with Crippen LogP contribution < -0.4 is 21.2 Å². The van der Waals surface area contributed by atoms with Gasteiger partial charge in [-0.05, 0) is 18.6 Å². The summed E-state index contributed by atoms with van der Waals surface area (Å²) in [5.41, 5.74) is 0.863. The van der Waals surface area contributed by atoms with Crippen LogP contribution >= 0.6 is 22.9 Å². The summed E-state index contributed by atoms with van der Waals surface area (Å²) < 4.78 is 0. The van der Waals surface area contributed by atoms with E-state index in [1.54, 1.807) is 6.07 Å². The van der Waals surface area contributed by atoms with Crippen molar-refractivity contribution in [2.45, 2.75) is 6.92 Å². The smallest absolute Gasteiger partial charge is 0.351 e. The van der Waals surface area contributed by atoms with Gasteiger partial charge in [0.1, 0.15) is 4.88 Å². The first-order valence-electron chi connectivity index (χ1n) is 10.3. The Hall–Kier alpha value is -3.06. The van der Waals surface area contributed by atoms with Gasteiger partial charge in [-0.3, -0.25) is 14.7 Å². The molecule has 4 rings (SSSR count). The largest absolute Gasteiger partial charge is 0.395 e. The lowest BCUT2D eigenvalue weighted by atomic mass is 10.2. The molecule has 1 aliphatic heterocycles. The maximum Gasteiger partial charge on any atom is 0.351 e. The van der Waals surface area contributed by atoms with Gasteiger partial charge in [0.15, 0.2) is 5.13 Å². The number of carbonyl (C=O) groups excluding carboxylic acids is 1. The minimum absolute atomic E-state index is 0.112. The molecule has 2 aromatic heterocycles. The number of anilines is 4. The molecule has 1 fully saturated rings. The molecule has 0 saturated carbocycles. The Morgan fingerprint density at radius 1 is 1.27 bits per heavy atom. The molecule has 3 heterocycles. The SMILES string of the molecule is Cc1cccc(Cl)c1NC(=O)c1cnc(Nc2nc(N3CCN(CCO)CC3)nc(=O)[nH]2)s1. The molecular weight excluding hydrogens is 468 g/mol. The third kappa shape index (κ3) is 5.66. The second-order valence-electron chi connectivity index (χ2n) is 7.40. The van der Waals surface area contributed by atoms with Crippen LogP contribution in [0.1, 0.15) is 15.2 Å². The number of aryl methyl sites for hydroxylation is 1. The van der Waals surface area contributed by atoms with Crippen molar-refractivity contribution in [3.63, 3.8) is 0 Å². The highest BCUT2D eigenvalue weighted by molar-refractivity contribution is 7.17. The molecule has 33 heavy (non-hydrogen) atoms. The normalized spacial score (nSPS) is 14.3. The maximum atomic E-state index is 12.6. The number of piperazine rings is 1. The molecule has 0 aliphatic carbocycles. The number of aliphatic hydroxyl groups is 1. The minimum atomic E-state index is -0.538. The zero-order chi connectivity index (χ0) is 23.4. The molecule has 3 aromatic rings. The Labute approximate surface area is 198 Å². The van der Waals surface area contributed by atoms with Crippen LogP contribution in [-0.2, 0) is 0 Å². The van der Waals surface area contributed by atoms with Gasteiger partial charge >= 0.3 is 5.69 Å². The molecule has 174 valence electrons. The highest BCUT2D eigenvalue weighted by Gasteiger charge is 2.20. The third-order valence-corrected chi connectivity index (χ3v) is 6.35. The quantitative estimate of drug-likeness (QED) is 0.389. The number of benzene rings is 1. The van der Waals surface area contributed by atoms with E-state index in [9.17, 15) is 9.59 Å². The molecule has 1 aromatic carbocycles. The molecule has 13 heteroatoms. The topological polar surface area (TPSA) is 139 Å². The van der Waals surface area contributed by atoms with Crippen molar-refractivity contribution >= 4 is 51.6 Å². The molecule has 11 nitrogen and oxygen atoms in total. The molecule has 0 atom stereocenters. The van der Waals surface area contributed by atoms with Gasteiger partial charge in [-0.25, -0.2) is 9.78 Å². The number of nitrogens with one attached hydrogen (secondary N) is 3. The average Bonchev–Trinajstić information content (AvgIpc) is 3.25. The van der Waals surface area contributed by atoms with Gasteiger partial charge in [0.05, 0.1) is 23.5 Å². The van der Waals surface area contributed by atoms with Gasteiger partial charge in [0.2, 0.25) is 11.9 Å². The number of thiazole rings is 1. The van der Waals surface area contributed by atoms with Gasteiger partial charge in [-0.15, -0.1) is 0 Å². The number of nitrogens with zero attached hydrogens (tertiary/aromatic N) is 5. The van der Waals surface area contributed by atoms with E-state index in [0.29, 0.717) is 46.3 Å². The molecule has 1 amide bonds. The van der Waals surface area contributed by atoms with Crippen molar-refractivity contribution in [3.05, 3.63) is 50.3 Å². The van der Waals surface area contributed by atoms with E-state index >= 15 is 0 Å². The highest BCUT2D eigenvalue weighted by atomic mass is 35.5. The Kier molecular flexibility index (Phi) is 7.18. The molecule has 4 N–H and O–H groups in total. The van der Waals surface area contributed by atoms with E-state index in [-0.39, 0.29) is 18.5 Å². The van der Waals surface area contributed by atoms with Crippen LogP contribution in [-0.4, -0.2) is 75.2 Å². The molecule has 1 aliphatic rings. The monoisotopic (exact) mass is 490 g/mol. The van der Waals surface area contributed by atoms with Crippen molar-refractivity contribution in [2.75, 3.05) is 54.9 Å². The van der Waals surface area contributed by atoms with Crippen LogP contribution in [0, 0.1) is 6.92 Å². The summed E-state index contributed by atoms with van der Waals surface area (Å²) in [6, 6.07) is 5.38. The predicted molar refractivity (Wildman–Crippen MR) is 128 cm³/mol. The van der Waals surface area contributed by atoms with Crippen molar-refractivity contribution in [1.29, 1.82) is 0 Å². The number of β-amino-alcohol motifs (C(OH)–C–C–N with tert-alkyl or cyclic N) is 1. The van der Waals surface area contributed by atoms with E-state index in [2.05, 4.69) is 35.5 Å². The highest BCUT2D eigenvalue weighted by Crippen LogP contribution is 2.27. The number of hydrogen-bond acceptors (Lipinski definition) is 10. The fourth-order valence-corrected chi connectivity index (χ4v) is 4.37. The van der Waals surface area contributed by atoms with Gasteiger partial charge in [-0.2, -0.15) is 9.97 Å². The fraction of sp³-hybridized carbons (Fsp3) is 0.350. The second kappa shape index (κ2) is 10.3. The first-order valence-corrected chi connectivity index (χ1v) is 11.5. The number of aromatic nitrogens is 4. The number of amides is 1. The van der Waals surface area contributed by atoms with Gasteiger partial charge < -0.3 is 20.6 Å². The standard InChI is InChI=1S/C20H23ClN8O3S/c1-12-3-2-4-13(21)15(12)23-16(31)14-11-22-20(33-14)26-17-24-18(27-19(32)25-17)29-7-5-28(6-8-29)9-10-30/h2-4,11,30H,5-10H2,1H3,(H,23,31)(H2,22,24,25,26,27,32). The molecule has 0 radical (unpaired) electrons. The number of rotatable bonds is 7. The Balaban J connectivity index is 1.44. The zero-order valence-electron chi connectivity index (χ0n) is 17.8. The first-order chi connectivity index (χ1) is 15.9. The summed E-state index contributed by atoms with van der Waals surface area (Å²) in [5.74, 6) is 0.161. The second-order valence-corrected chi connectivity index (χ2v) is 8.83. The number of aliphatic hydroxyl groups excluding tert-OH is 1. The van der Waals surface area contributed by atoms with E-state index in [1.165, 1.54) is 6.20 Å². The van der Waals surface area contributed by atoms with Crippen LogP contribution in [0.25, 0.3) is 0 Å².